The van der Waals surface area contributed by atoms with Crippen molar-refractivity contribution < 1.29 is 9.53 Å². The van der Waals surface area contributed by atoms with Gasteiger partial charge in [0.25, 0.3) is 11.5 Å². The molecule has 2 aromatic heterocycles. The second-order valence-corrected chi connectivity index (χ2v) is 8.13. The van der Waals surface area contributed by atoms with E-state index >= 15 is 0 Å². The highest BCUT2D eigenvalue weighted by Gasteiger charge is 2.17. The van der Waals surface area contributed by atoms with E-state index in [9.17, 15) is 9.59 Å². The van der Waals surface area contributed by atoms with Gasteiger partial charge in [0.1, 0.15) is 5.75 Å². The van der Waals surface area contributed by atoms with Crippen LogP contribution in [0.4, 0.5) is 11.4 Å². The number of aromatic nitrogens is 4. The van der Waals surface area contributed by atoms with E-state index in [-0.39, 0.29) is 11.5 Å². The molecule has 0 unspecified atom stereocenters. The van der Waals surface area contributed by atoms with E-state index in [1.807, 2.05) is 66.8 Å². The summed E-state index contributed by atoms with van der Waals surface area (Å²) >= 11 is 0. The number of nitrogens with zero attached hydrogens (tertiary/aromatic N) is 4. The minimum atomic E-state index is -0.237. The van der Waals surface area contributed by atoms with Crippen molar-refractivity contribution >= 4 is 34.0 Å². The number of amides is 1. The van der Waals surface area contributed by atoms with Crippen molar-refractivity contribution in [2.75, 3.05) is 17.2 Å². The molecule has 1 amide bonds. The van der Waals surface area contributed by atoms with Crippen LogP contribution in [0.15, 0.2) is 77.6 Å². The summed E-state index contributed by atoms with van der Waals surface area (Å²) in [4.78, 5) is 26.0. The van der Waals surface area contributed by atoms with Crippen LogP contribution in [-0.2, 0) is 13.1 Å². The van der Waals surface area contributed by atoms with E-state index in [4.69, 9.17) is 4.74 Å². The number of hydrogen-bond acceptors (Lipinski definition) is 6. The molecule has 0 atom stereocenters. The number of rotatable bonds is 8. The van der Waals surface area contributed by atoms with Gasteiger partial charge in [0.15, 0.2) is 5.82 Å². The Morgan fingerprint density at radius 3 is 2.47 bits per heavy atom. The van der Waals surface area contributed by atoms with Crippen LogP contribution in [0.3, 0.4) is 0 Å². The fourth-order valence-electron chi connectivity index (χ4n) is 4.22. The second-order valence-electron chi connectivity index (χ2n) is 8.13. The number of hydrogen-bond donors (Lipinski definition) is 2. The van der Waals surface area contributed by atoms with E-state index in [2.05, 4.69) is 20.8 Å². The highest BCUT2D eigenvalue weighted by molar-refractivity contribution is 6.08. The van der Waals surface area contributed by atoms with Crippen molar-refractivity contribution in [2.45, 2.75) is 26.9 Å². The topological polar surface area (TPSA) is 103 Å². The van der Waals surface area contributed by atoms with Gasteiger partial charge in [-0.3, -0.25) is 18.6 Å². The number of carbonyl (C=O) groups excluding carboxylic acids is 1. The van der Waals surface area contributed by atoms with Crippen LogP contribution in [0.25, 0.3) is 16.7 Å². The molecule has 0 saturated heterocycles. The fraction of sp³-hybridized carbons (Fsp3) is 0.185. The number of ether oxygens (including phenoxy) is 1. The van der Waals surface area contributed by atoms with Gasteiger partial charge in [-0.15, -0.1) is 10.2 Å². The maximum absolute atomic E-state index is 13.1. The number of para-hydroxylation sites is 2. The molecule has 0 aliphatic carbocycles. The summed E-state index contributed by atoms with van der Waals surface area (Å²) in [5.74, 6) is 1.63. The van der Waals surface area contributed by atoms with Crippen molar-refractivity contribution in [2.24, 2.45) is 0 Å². The van der Waals surface area contributed by atoms with Gasteiger partial charge in [0.05, 0.1) is 29.6 Å². The first kappa shape index (κ1) is 23.1. The molecule has 0 radical (unpaired) electrons. The molecule has 5 rings (SSSR count). The molecule has 0 aliphatic heterocycles. The summed E-state index contributed by atoms with van der Waals surface area (Å²) in [6.07, 6.45) is 0. The first-order chi connectivity index (χ1) is 17.6. The number of nitrogens with one attached hydrogen (secondary N) is 2. The van der Waals surface area contributed by atoms with E-state index in [0.29, 0.717) is 53.6 Å². The Kier molecular flexibility index (Phi) is 6.36. The molecule has 0 spiro atoms. The van der Waals surface area contributed by atoms with Crippen LogP contribution >= 0.6 is 0 Å². The van der Waals surface area contributed by atoms with Gasteiger partial charge in [0, 0.05) is 17.9 Å². The molecule has 0 bridgehead atoms. The summed E-state index contributed by atoms with van der Waals surface area (Å²) in [7, 11) is 0. The minimum absolute atomic E-state index is 0.0937. The standard InChI is InChI=1S/C27H26N6O3/c1-3-32-26(35)21-10-6-8-12-23(21)33-24(30-31-27(32)33)17-28-22-11-7-5-9-20(22)25(34)29-18-13-15-19(16-14-18)36-4-2/h5-16,28H,3-4,17H2,1-2H3,(H,29,34). The van der Waals surface area contributed by atoms with Crippen LogP contribution in [0.5, 0.6) is 5.75 Å². The summed E-state index contributed by atoms with van der Waals surface area (Å²) in [5, 5.41) is 15.5. The van der Waals surface area contributed by atoms with Crippen molar-refractivity contribution in [1.29, 1.82) is 0 Å². The summed E-state index contributed by atoms with van der Waals surface area (Å²) in [6.45, 7) is 5.20. The Balaban J connectivity index is 1.42. The monoisotopic (exact) mass is 482 g/mol. The van der Waals surface area contributed by atoms with Gasteiger partial charge in [-0.25, -0.2) is 0 Å². The zero-order valence-corrected chi connectivity index (χ0v) is 20.1. The predicted molar refractivity (Wildman–Crippen MR) is 140 cm³/mol. The molecule has 0 aliphatic rings. The van der Waals surface area contributed by atoms with Gasteiger partial charge in [-0.05, 0) is 62.4 Å². The summed E-state index contributed by atoms with van der Waals surface area (Å²) < 4.78 is 8.95. The van der Waals surface area contributed by atoms with E-state index in [1.165, 1.54) is 0 Å². The fourth-order valence-corrected chi connectivity index (χ4v) is 4.22. The zero-order valence-electron chi connectivity index (χ0n) is 20.1. The quantitative estimate of drug-likeness (QED) is 0.341. The van der Waals surface area contributed by atoms with Crippen molar-refractivity contribution in [3.63, 3.8) is 0 Å². The number of benzene rings is 3. The van der Waals surface area contributed by atoms with Crippen LogP contribution < -0.4 is 20.9 Å². The Bertz CT molecular complexity index is 1600. The lowest BCUT2D eigenvalue weighted by Gasteiger charge is -2.13. The molecule has 0 fully saturated rings. The van der Waals surface area contributed by atoms with Gasteiger partial charge >= 0.3 is 0 Å². The first-order valence-electron chi connectivity index (χ1n) is 11.8. The summed E-state index contributed by atoms with van der Waals surface area (Å²) in [6, 6.07) is 22.0. The molecule has 9 heteroatoms. The lowest BCUT2D eigenvalue weighted by atomic mass is 10.1. The average Bonchev–Trinajstić information content (AvgIpc) is 3.33. The van der Waals surface area contributed by atoms with Crippen molar-refractivity contribution in [1.82, 2.24) is 19.2 Å². The van der Waals surface area contributed by atoms with Gasteiger partial charge < -0.3 is 15.4 Å². The molecule has 2 N–H and O–H groups in total. The smallest absolute Gasteiger partial charge is 0.262 e. The zero-order chi connectivity index (χ0) is 25.1. The average molecular weight is 483 g/mol. The third-order valence-electron chi connectivity index (χ3n) is 5.92. The van der Waals surface area contributed by atoms with Crippen LogP contribution in [-0.4, -0.2) is 31.7 Å². The largest absolute Gasteiger partial charge is 0.494 e. The molecule has 0 saturated carbocycles. The van der Waals surface area contributed by atoms with Crippen LogP contribution in [0, 0.1) is 0 Å². The maximum Gasteiger partial charge on any atom is 0.262 e. The first-order valence-corrected chi connectivity index (χ1v) is 11.8. The van der Waals surface area contributed by atoms with Crippen LogP contribution in [0.2, 0.25) is 0 Å². The van der Waals surface area contributed by atoms with E-state index in [0.717, 1.165) is 11.3 Å². The predicted octanol–water partition coefficient (Wildman–Crippen LogP) is 4.33. The molecule has 3 aromatic carbocycles. The molecule has 36 heavy (non-hydrogen) atoms. The second kappa shape index (κ2) is 9.91. The minimum Gasteiger partial charge on any atom is -0.494 e. The SMILES string of the molecule is CCOc1ccc(NC(=O)c2ccccc2NCc2nnc3n(CC)c(=O)c4ccccc4n23)cc1. The van der Waals surface area contributed by atoms with Gasteiger partial charge in [-0.2, -0.15) is 0 Å². The molecular weight excluding hydrogens is 456 g/mol. The molecule has 9 nitrogen and oxygen atoms in total. The van der Waals surface area contributed by atoms with Gasteiger partial charge in [-0.1, -0.05) is 24.3 Å². The van der Waals surface area contributed by atoms with Crippen LogP contribution in [0.1, 0.15) is 30.0 Å². The van der Waals surface area contributed by atoms with Crippen molar-refractivity contribution in [3.05, 3.63) is 94.5 Å². The molecular formula is C27H26N6O3. The Morgan fingerprint density at radius 2 is 1.69 bits per heavy atom. The Labute approximate surface area is 207 Å². The lowest BCUT2D eigenvalue weighted by molar-refractivity contribution is 0.102. The number of aryl methyl sites for hydroxylation is 1. The van der Waals surface area contributed by atoms with E-state index < -0.39 is 0 Å². The van der Waals surface area contributed by atoms with E-state index in [1.54, 1.807) is 28.8 Å². The third-order valence-corrected chi connectivity index (χ3v) is 5.92. The normalized spacial score (nSPS) is 11.1. The highest BCUT2D eigenvalue weighted by atomic mass is 16.5. The highest BCUT2D eigenvalue weighted by Crippen LogP contribution is 2.21. The molecule has 2 heterocycles. The Hall–Kier alpha value is -4.66. The Morgan fingerprint density at radius 1 is 0.944 bits per heavy atom. The van der Waals surface area contributed by atoms with Gasteiger partial charge in [0.2, 0.25) is 5.78 Å². The molecule has 5 aromatic rings. The number of fused-ring (bicyclic) bond motifs is 3. The maximum atomic E-state index is 13.1. The summed E-state index contributed by atoms with van der Waals surface area (Å²) in [5.41, 5.74) is 2.47. The molecule has 182 valence electrons. The number of anilines is 2. The number of carbonyl (C=O) groups is 1. The third kappa shape index (κ3) is 4.26. The van der Waals surface area contributed by atoms with Crippen molar-refractivity contribution in [3.8, 4) is 5.75 Å². The lowest BCUT2D eigenvalue weighted by Crippen LogP contribution is -2.23.